The minimum atomic E-state index is -0.440. The van der Waals surface area contributed by atoms with Gasteiger partial charge in [-0.1, -0.05) is 34.1 Å². The van der Waals surface area contributed by atoms with E-state index in [0.717, 1.165) is 4.47 Å². The largest absolute Gasteiger partial charge is 0.376 e. The van der Waals surface area contributed by atoms with E-state index in [1.165, 1.54) is 12.1 Å². The maximum atomic E-state index is 13.7. The van der Waals surface area contributed by atoms with Crippen molar-refractivity contribution < 1.29 is 9.31 Å². The molecule has 0 bridgehead atoms. The molecule has 1 N–H and O–H groups in total. The van der Waals surface area contributed by atoms with Gasteiger partial charge < -0.3 is 5.32 Å². The number of nitro groups is 1. The van der Waals surface area contributed by atoms with Crippen molar-refractivity contribution in [3.63, 3.8) is 0 Å². The molecule has 0 fully saturated rings. The minimum Gasteiger partial charge on any atom is -0.376 e. The molecule has 2 aromatic rings. The lowest BCUT2D eigenvalue weighted by Crippen LogP contribution is -2.10. The molecule has 2 rings (SSSR count). The fourth-order valence-electron chi connectivity index (χ4n) is 1.94. The Bertz CT molecular complexity index is 649. The monoisotopic (exact) mass is 338 g/mol. The molecule has 0 aliphatic rings. The smallest absolute Gasteiger partial charge is 0.274 e. The van der Waals surface area contributed by atoms with E-state index in [4.69, 9.17) is 0 Å². The molecule has 0 saturated heterocycles. The summed E-state index contributed by atoms with van der Waals surface area (Å²) in [5, 5.41) is 13.9. The highest BCUT2D eigenvalue weighted by atomic mass is 79.9. The van der Waals surface area contributed by atoms with Crippen LogP contribution in [0.5, 0.6) is 0 Å². The normalized spacial score (nSPS) is 11.9. The average Bonchev–Trinajstić information content (AvgIpc) is 2.42. The van der Waals surface area contributed by atoms with Crippen LogP contribution >= 0.6 is 15.9 Å². The van der Waals surface area contributed by atoms with Gasteiger partial charge in [0.05, 0.1) is 22.2 Å². The molecule has 6 heteroatoms. The maximum absolute atomic E-state index is 13.7. The van der Waals surface area contributed by atoms with Gasteiger partial charge in [0.25, 0.3) is 5.69 Å². The second-order valence-electron chi connectivity index (χ2n) is 4.31. The second-order valence-corrected chi connectivity index (χ2v) is 5.22. The van der Waals surface area contributed by atoms with E-state index < -0.39 is 10.7 Å². The third kappa shape index (κ3) is 3.14. The van der Waals surface area contributed by atoms with Crippen molar-refractivity contribution in [1.29, 1.82) is 0 Å². The zero-order valence-electron chi connectivity index (χ0n) is 10.6. The highest BCUT2D eigenvalue weighted by molar-refractivity contribution is 9.10. The van der Waals surface area contributed by atoms with Crippen LogP contribution < -0.4 is 5.32 Å². The van der Waals surface area contributed by atoms with E-state index >= 15 is 0 Å². The van der Waals surface area contributed by atoms with E-state index in [0.29, 0.717) is 11.3 Å². The van der Waals surface area contributed by atoms with Crippen molar-refractivity contribution in [3.8, 4) is 0 Å². The molecular formula is C14H12BrFN2O2. The molecule has 0 saturated carbocycles. The third-order valence-electron chi connectivity index (χ3n) is 2.90. The minimum absolute atomic E-state index is 0.0166. The van der Waals surface area contributed by atoms with Crippen molar-refractivity contribution in [2.45, 2.75) is 13.0 Å². The number of halogens is 2. The lowest BCUT2D eigenvalue weighted by atomic mass is 10.1. The van der Waals surface area contributed by atoms with Crippen LogP contribution in [0.25, 0.3) is 0 Å². The number of nitrogens with one attached hydrogen (secondary N) is 1. The van der Waals surface area contributed by atoms with Crippen molar-refractivity contribution in [3.05, 3.63) is 68.4 Å². The molecule has 0 aliphatic carbocycles. The molecule has 104 valence electrons. The number of anilines is 1. The lowest BCUT2D eigenvalue weighted by molar-refractivity contribution is -0.385. The first kappa shape index (κ1) is 14.5. The van der Waals surface area contributed by atoms with Gasteiger partial charge in [0.2, 0.25) is 0 Å². The molecular weight excluding hydrogens is 327 g/mol. The van der Waals surface area contributed by atoms with Gasteiger partial charge in [-0.3, -0.25) is 10.1 Å². The standard InChI is InChI=1S/C14H12BrFN2O2/c1-9(11-4-2-3-5-14(11)18(19)20)17-13-8-10(15)6-7-12(13)16/h2-9,17H,1H3. The predicted octanol–water partition coefficient (Wildman–Crippen LogP) is 4.67. The number of nitrogens with zero attached hydrogens (tertiary/aromatic N) is 1. The molecule has 20 heavy (non-hydrogen) atoms. The molecule has 0 spiro atoms. The molecule has 0 aliphatic heterocycles. The Morgan fingerprint density at radius 2 is 2.00 bits per heavy atom. The highest BCUT2D eigenvalue weighted by Crippen LogP contribution is 2.29. The summed E-state index contributed by atoms with van der Waals surface area (Å²) in [5.41, 5.74) is 0.824. The molecule has 0 radical (unpaired) electrons. The second kappa shape index (κ2) is 6.00. The average molecular weight is 339 g/mol. The van der Waals surface area contributed by atoms with Crippen LogP contribution in [0, 0.1) is 15.9 Å². The number of rotatable bonds is 4. The SMILES string of the molecule is CC(Nc1cc(Br)ccc1F)c1ccccc1[N+](=O)[O-]. The van der Waals surface area contributed by atoms with E-state index in [-0.39, 0.29) is 11.7 Å². The Balaban J connectivity index is 2.31. The molecule has 0 heterocycles. The zero-order chi connectivity index (χ0) is 14.7. The summed E-state index contributed by atoms with van der Waals surface area (Å²) in [6.45, 7) is 1.75. The zero-order valence-corrected chi connectivity index (χ0v) is 12.2. The van der Waals surface area contributed by atoms with E-state index in [2.05, 4.69) is 21.2 Å². The fraction of sp³-hybridized carbons (Fsp3) is 0.143. The summed E-state index contributed by atoms with van der Waals surface area (Å²) in [5.74, 6) is -0.404. The van der Waals surface area contributed by atoms with Crippen LogP contribution in [0.3, 0.4) is 0 Å². The Kier molecular flexibility index (Phi) is 4.34. The summed E-state index contributed by atoms with van der Waals surface area (Å²) >= 11 is 3.27. The lowest BCUT2D eigenvalue weighted by Gasteiger charge is -2.16. The van der Waals surface area contributed by atoms with Crippen molar-refractivity contribution >= 4 is 27.3 Å². The number of benzene rings is 2. The molecule has 0 aromatic heterocycles. The summed E-state index contributed by atoms with van der Waals surface area (Å²) < 4.78 is 14.4. The van der Waals surface area contributed by atoms with Crippen LogP contribution in [0.4, 0.5) is 15.8 Å². The Hall–Kier alpha value is -1.95. The first-order valence-electron chi connectivity index (χ1n) is 5.94. The topological polar surface area (TPSA) is 55.2 Å². The van der Waals surface area contributed by atoms with Gasteiger partial charge in [-0.2, -0.15) is 0 Å². The summed E-state index contributed by atoms with van der Waals surface area (Å²) in [4.78, 5) is 10.6. The number of para-hydroxylation sites is 1. The van der Waals surface area contributed by atoms with Gasteiger partial charge >= 0.3 is 0 Å². The van der Waals surface area contributed by atoms with Gasteiger partial charge in [-0.05, 0) is 25.1 Å². The fourth-order valence-corrected chi connectivity index (χ4v) is 2.30. The Labute approximate surface area is 123 Å². The van der Waals surface area contributed by atoms with Gasteiger partial charge in [-0.25, -0.2) is 4.39 Å². The Morgan fingerprint density at radius 1 is 1.30 bits per heavy atom. The van der Waals surface area contributed by atoms with Crippen LogP contribution in [0.15, 0.2) is 46.9 Å². The van der Waals surface area contributed by atoms with Gasteiger partial charge in [0.15, 0.2) is 0 Å². The molecule has 1 atom stereocenters. The summed E-state index contributed by atoms with van der Waals surface area (Å²) in [6, 6.07) is 10.6. The molecule has 4 nitrogen and oxygen atoms in total. The van der Waals surface area contributed by atoms with E-state index in [9.17, 15) is 14.5 Å². The van der Waals surface area contributed by atoms with Gasteiger partial charge in [-0.15, -0.1) is 0 Å². The molecule has 0 amide bonds. The number of hydrogen-bond donors (Lipinski definition) is 1. The summed E-state index contributed by atoms with van der Waals surface area (Å²) in [6.07, 6.45) is 0. The quantitative estimate of drug-likeness (QED) is 0.651. The van der Waals surface area contributed by atoms with Crippen molar-refractivity contribution in [2.75, 3.05) is 5.32 Å². The molecule has 2 aromatic carbocycles. The van der Waals surface area contributed by atoms with Crippen LogP contribution in [0.2, 0.25) is 0 Å². The number of nitro benzene ring substituents is 1. The van der Waals surface area contributed by atoms with Gasteiger partial charge in [0.1, 0.15) is 5.82 Å². The van der Waals surface area contributed by atoms with E-state index in [1.807, 2.05) is 0 Å². The van der Waals surface area contributed by atoms with Crippen LogP contribution in [-0.2, 0) is 0 Å². The highest BCUT2D eigenvalue weighted by Gasteiger charge is 2.18. The first-order chi connectivity index (χ1) is 9.49. The van der Waals surface area contributed by atoms with Crippen molar-refractivity contribution in [1.82, 2.24) is 0 Å². The Morgan fingerprint density at radius 3 is 2.70 bits per heavy atom. The van der Waals surface area contributed by atoms with Crippen molar-refractivity contribution in [2.24, 2.45) is 0 Å². The van der Waals surface area contributed by atoms with Gasteiger partial charge in [0, 0.05) is 10.5 Å². The summed E-state index contributed by atoms with van der Waals surface area (Å²) in [7, 11) is 0. The number of hydrogen-bond acceptors (Lipinski definition) is 3. The third-order valence-corrected chi connectivity index (χ3v) is 3.39. The maximum Gasteiger partial charge on any atom is 0.274 e. The van der Waals surface area contributed by atoms with Crippen LogP contribution in [-0.4, -0.2) is 4.92 Å². The van der Waals surface area contributed by atoms with E-state index in [1.54, 1.807) is 37.3 Å². The van der Waals surface area contributed by atoms with Crippen LogP contribution in [0.1, 0.15) is 18.5 Å². The first-order valence-corrected chi connectivity index (χ1v) is 6.73. The predicted molar refractivity (Wildman–Crippen MR) is 79.2 cm³/mol. The molecule has 1 unspecified atom stereocenters.